The fraction of sp³-hybridized carbons (Fsp3) is 0.565. The number of hydrogen-bond donors (Lipinski definition) is 1. The van der Waals surface area contributed by atoms with Crippen LogP contribution in [0, 0.1) is 11.8 Å². The van der Waals surface area contributed by atoms with Gasteiger partial charge in [0.1, 0.15) is 5.82 Å². The summed E-state index contributed by atoms with van der Waals surface area (Å²) in [6.45, 7) is 5.22. The molecule has 4 heterocycles. The highest BCUT2D eigenvalue weighted by Gasteiger charge is 2.44. The summed E-state index contributed by atoms with van der Waals surface area (Å²) in [6.07, 6.45) is 8.26. The number of aromatic nitrogens is 3. The van der Waals surface area contributed by atoms with Crippen LogP contribution in [0.2, 0.25) is 0 Å². The maximum absolute atomic E-state index is 13.0. The average molecular weight is 408 g/mol. The Balaban J connectivity index is 1.39. The number of rotatable bonds is 4. The molecule has 0 spiro atoms. The van der Waals surface area contributed by atoms with Gasteiger partial charge in [-0.25, -0.2) is 4.98 Å². The first-order valence-electron chi connectivity index (χ1n) is 11.1. The minimum absolute atomic E-state index is 0.0312. The Bertz CT molecular complexity index is 989. The zero-order chi connectivity index (χ0) is 20.7. The lowest BCUT2D eigenvalue weighted by atomic mass is 9.99. The number of amides is 1. The van der Waals surface area contributed by atoms with Gasteiger partial charge in [-0.2, -0.15) is 0 Å². The van der Waals surface area contributed by atoms with Crippen molar-refractivity contribution in [3.05, 3.63) is 57.5 Å². The molecule has 7 nitrogen and oxygen atoms in total. The Morgan fingerprint density at radius 3 is 2.80 bits per heavy atom. The van der Waals surface area contributed by atoms with Crippen LogP contribution in [0.25, 0.3) is 0 Å². The van der Waals surface area contributed by atoms with Crippen LogP contribution in [0.4, 0.5) is 0 Å². The van der Waals surface area contributed by atoms with E-state index in [1.165, 1.54) is 5.56 Å². The number of piperidine rings is 1. The lowest BCUT2D eigenvalue weighted by Crippen LogP contribution is -2.42. The Labute approximate surface area is 176 Å². The number of nitrogens with one attached hydrogen (secondary N) is 1. The minimum Gasteiger partial charge on any atom is -0.332 e. The van der Waals surface area contributed by atoms with Crippen molar-refractivity contribution < 1.29 is 4.79 Å². The first-order valence-corrected chi connectivity index (χ1v) is 11.1. The molecule has 2 aromatic heterocycles. The van der Waals surface area contributed by atoms with E-state index in [0.717, 1.165) is 56.6 Å². The van der Waals surface area contributed by atoms with Crippen LogP contribution in [-0.2, 0) is 24.3 Å². The number of carbonyl (C=O) groups excluding carboxylic acids is 1. The summed E-state index contributed by atoms with van der Waals surface area (Å²) in [5.41, 5.74) is 2.85. The molecule has 2 aromatic rings. The highest BCUT2D eigenvalue weighted by Crippen LogP contribution is 2.42. The van der Waals surface area contributed by atoms with Crippen molar-refractivity contribution in [2.75, 3.05) is 13.1 Å². The van der Waals surface area contributed by atoms with Crippen LogP contribution in [0.5, 0.6) is 0 Å². The van der Waals surface area contributed by atoms with Crippen molar-refractivity contribution in [1.82, 2.24) is 24.8 Å². The number of nitrogens with zero attached hydrogens (tertiary/aromatic N) is 4. The number of carbonyl (C=O) groups is 1. The van der Waals surface area contributed by atoms with Crippen molar-refractivity contribution in [2.45, 2.75) is 58.2 Å². The molecular weight excluding hydrogens is 378 g/mol. The van der Waals surface area contributed by atoms with Gasteiger partial charge in [0.25, 0.3) is 5.56 Å². The van der Waals surface area contributed by atoms with Crippen molar-refractivity contribution in [3.63, 3.8) is 0 Å². The summed E-state index contributed by atoms with van der Waals surface area (Å²) in [7, 11) is 0. The molecule has 30 heavy (non-hydrogen) atoms. The van der Waals surface area contributed by atoms with Crippen LogP contribution in [-0.4, -0.2) is 43.7 Å². The maximum atomic E-state index is 13.0. The molecule has 0 radical (unpaired) electrons. The van der Waals surface area contributed by atoms with Crippen LogP contribution in [0.1, 0.15) is 61.3 Å². The maximum Gasteiger partial charge on any atom is 0.254 e. The highest BCUT2D eigenvalue weighted by atomic mass is 16.2. The summed E-state index contributed by atoms with van der Waals surface area (Å²) in [5.74, 6) is 1.56. The third-order valence-corrected chi connectivity index (χ3v) is 6.85. The topological polar surface area (TPSA) is 82.2 Å². The zero-order valence-corrected chi connectivity index (χ0v) is 17.5. The number of aromatic amines is 1. The summed E-state index contributed by atoms with van der Waals surface area (Å²) in [4.78, 5) is 42.2. The van der Waals surface area contributed by atoms with Gasteiger partial charge in [0.15, 0.2) is 0 Å². The normalized spacial score (nSPS) is 26.3. The molecule has 2 fully saturated rings. The minimum atomic E-state index is -0.104. The summed E-state index contributed by atoms with van der Waals surface area (Å²) in [6, 6.07) is 3.94. The van der Waals surface area contributed by atoms with Gasteiger partial charge >= 0.3 is 0 Å². The third-order valence-electron chi connectivity index (χ3n) is 6.85. The van der Waals surface area contributed by atoms with Gasteiger partial charge in [0.05, 0.1) is 11.7 Å². The van der Waals surface area contributed by atoms with Crippen molar-refractivity contribution >= 4 is 5.91 Å². The van der Waals surface area contributed by atoms with Crippen molar-refractivity contribution in [3.8, 4) is 0 Å². The van der Waals surface area contributed by atoms with E-state index in [9.17, 15) is 9.59 Å². The quantitative estimate of drug-likeness (QED) is 0.842. The van der Waals surface area contributed by atoms with E-state index in [0.29, 0.717) is 24.7 Å². The number of likely N-dealkylation sites (tertiary alicyclic amines) is 1. The first kappa shape index (κ1) is 19.4. The van der Waals surface area contributed by atoms with Gasteiger partial charge in [-0.05, 0) is 55.7 Å². The molecule has 1 saturated carbocycles. The van der Waals surface area contributed by atoms with E-state index >= 15 is 0 Å². The molecule has 3 atom stereocenters. The third kappa shape index (κ3) is 3.78. The molecule has 1 saturated heterocycles. The lowest BCUT2D eigenvalue weighted by Gasteiger charge is -2.36. The molecule has 1 N–H and O–H groups in total. The predicted molar refractivity (Wildman–Crippen MR) is 112 cm³/mol. The van der Waals surface area contributed by atoms with E-state index in [-0.39, 0.29) is 23.4 Å². The summed E-state index contributed by atoms with van der Waals surface area (Å²) >= 11 is 0. The average Bonchev–Trinajstić information content (AvgIpc) is 3.50. The highest BCUT2D eigenvalue weighted by molar-refractivity contribution is 5.82. The number of hydrogen-bond acceptors (Lipinski definition) is 5. The van der Waals surface area contributed by atoms with Crippen LogP contribution >= 0.6 is 0 Å². The Morgan fingerprint density at radius 1 is 1.23 bits per heavy atom. The SMILES string of the molecule is C[C@H]1C[C@@H]1C(=O)N1CCCC[C@@H]1c1nc2c(c(=O)[nH]1)CCN(Cc1ccncc1)C2. The number of H-pyrrole nitrogens is 1. The zero-order valence-electron chi connectivity index (χ0n) is 17.5. The molecule has 7 heteroatoms. The van der Waals surface area contributed by atoms with E-state index in [2.05, 4.69) is 21.8 Å². The van der Waals surface area contributed by atoms with E-state index in [1.807, 2.05) is 29.4 Å². The largest absolute Gasteiger partial charge is 0.332 e. The smallest absolute Gasteiger partial charge is 0.254 e. The van der Waals surface area contributed by atoms with Gasteiger partial charge in [-0.1, -0.05) is 6.92 Å². The van der Waals surface area contributed by atoms with E-state index < -0.39 is 0 Å². The first-order chi connectivity index (χ1) is 14.6. The number of pyridine rings is 1. The Kier molecular flexibility index (Phi) is 5.15. The summed E-state index contributed by atoms with van der Waals surface area (Å²) < 4.78 is 0. The molecule has 2 aliphatic heterocycles. The van der Waals surface area contributed by atoms with Crippen LogP contribution < -0.4 is 5.56 Å². The van der Waals surface area contributed by atoms with E-state index in [4.69, 9.17) is 4.98 Å². The number of fused-ring (bicyclic) bond motifs is 1. The fourth-order valence-electron chi connectivity index (χ4n) is 4.91. The molecular formula is C23H29N5O2. The molecule has 158 valence electrons. The van der Waals surface area contributed by atoms with Gasteiger partial charge in [0.2, 0.25) is 5.91 Å². The Hall–Kier alpha value is -2.54. The van der Waals surface area contributed by atoms with Gasteiger partial charge in [-0.3, -0.25) is 19.5 Å². The fourth-order valence-corrected chi connectivity index (χ4v) is 4.91. The molecule has 3 aliphatic rings. The lowest BCUT2D eigenvalue weighted by molar-refractivity contribution is -0.137. The molecule has 5 rings (SSSR count). The molecule has 0 unspecified atom stereocenters. The van der Waals surface area contributed by atoms with Crippen LogP contribution in [0.15, 0.2) is 29.3 Å². The second-order valence-electron chi connectivity index (χ2n) is 9.06. The molecule has 1 aliphatic carbocycles. The monoisotopic (exact) mass is 407 g/mol. The van der Waals surface area contributed by atoms with Crippen molar-refractivity contribution in [1.29, 1.82) is 0 Å². The molecule has 0 bridgehead atoms. The predicted octanol–water partition coefficient (Wildman–Crippen LogP) is 2.43. The van der Waals surface area contributed by atoms with Gasteiger partial charge in [-0.15, -0.1) is 0 Å². The van der Waals surface area contributed by atoms with Crippen molar-refractivity contribution in [2.24, 2.45) is 11.8 Å². The standard InChI is InChI=1S/C23H29N5O2/c1-15-12-18(15)23(30)28-10-3-2-4-20(28)21-25-19-14-27(11-7-17(19)22(29)26-21)13-16-5-8-24-9-6-16/h5-6,8-9,15,18,20H,2-4,7,10-14H2,1H3,(H,25,26,29)/t15-,18-,20+/m0/s1. The van der Waals surface area contributed by atoms with E-state index in [1.54, 1.807) is 0 Å². The Morgan fingerprint density at radius 2 is 2.03 bits per heavy atom. The van der Waals surface area contributed by atoms with Gasteiger partial charge < -0.3 is 9.88 Å². The summed E-state index contributed by atoms with van der Waals surface area (Å²) in [5, 5.41) is 0. The van der Waals surface area contributed by atoms with Gasteiger partial charge in [0, 0.05) is 50.1 Å². The van der Waals surface area contributed by atoms with Crippen LogP contribution in [0.3, 0.4) is 0 Å². The molecule has 0 aromatic carbocycles. The second kappa shape index (κ2) is 7.95. The second-order valence-corrected chi connectivity index (χ2v) is 9.06. The molecule has 1 amide bonds.